The van der Waals surface area contributed by atoms with Gasteiger partial charge < -0.3 is 0 Å². The van der Waals surface area contributed by atoms with Gasteiger partial charge in [-0.15, -0.1) is 0 Å². The molecule has 17 heavy (non-hydrogen) atoms. The molecule has 3 rings (SSSR count). The van der Waals surface area contributed by atoms with Gasteiger partial charge in [0.25, 0.3) is 5.69 Å². The van der Waals surface area contributed by atoms with Crippen LogP contribution in [0.5, 0.6) is 0 Å². The molecule has 0 atom stereocenters. The first-order chi connectivity index (χ1) is 8.15. The first-order valence-corrected chi connectivity index (χ1v) is 5.21. The summed E-state index contributed by atoms with van der Waals surface area (Å²) in [5.41, 5.74) is 3.79. The number of rotatable bonds is 1. The number of nitro benzene ring substituents is 1. The van der Waals surface area contributed by atoms with Gasteiger partial charge in [0.2, 0.25) is 0 Å². The van der Waals surface area contributed by atoms with Crippen LogP contribution in [-0.4, -0.2) is 4.92 Å². The molecule has 0 fully saturated rings. The Morgan fingerprint density at radius 2 is 1.71 bits per heavy atom. The van der Waals surface area contributed by atoms with Crippen LogP contribution in [0.25, 0.3) is 11.1 Å². The maximum Gasteiger partial charge on any atom is 0.269 e. The van der Waals surface area contributed by atoms with E-state index in [0.717, 1.165) is 22.3 Å². The average molecular weight is 229 g/mol. The highest BCUT2D eigenvalue weighted by Crippen LogP contribution is 2.38. The molecule has 2 aromatic carbocycles. The predicted molar refractivity (Wildman–Crippen MR) is 61.3 cm³/mol. The molecule has 0 amide bonds. The van der Waals surface area contributed by atoms with Crippen molar-refractivity contribution in [3.05, 3.63) is 63.5 Å². The lowest BCUT2D eigenvalue weighted by atomic mass is 10.1. The quantitative estimate of drug-likeness (QED) is 0.474. The molecule has 1 aliphatic rings. The monoisotopic (exact) mass is 229 g/mol. The second-order valence-corrected chi connectivity index (χ2v) is 4.08. The van der Waals surface area contributed by atoms with Gasteiger partial charge in [-0.1, -0.05) is 6.07 Å². The van der Waals surface area contributed by atoms with Crippen molar-refractivity contribution in [2.75, 3.05) is 0 Å². The molecule has 4 heteroatoms. The number of benzene rings is 2. The van der Waals surface area contributed by atoms with Crippen molar-refractivity contribution in [3.63, 3.8) is 0 Å². The van der Waals surface area contributed by atoms with Gasteiger partial charge in [0.1, 0.15) is 5.82 Å². The van der Waals surface area contributed by atoms with Crippen molar-refractivity contribution >= 4 is 5.69 Å². The Balaban J connectivity index is 2.15. The molecule has 0 spiro atoms. The largest absolute Gasteiger partial charge is 0.269 e. The van der Waals surface area contributed by atoms with Gasteiger partial charge in [0.05, 0.1) is 4.92 Å². The van der Waals surface area contributed by atoms with Gasteiger partial charge in [-0.25, -0.2) is 4.39 Å². The summed E-state index contributed by atoms with van der Waals surface area (Å²) in [5, 5.41) is 10.7. The molecule has 0 heterocycles. The van der Waals surface area contributed by atoms with Crippen LogP contribution in [0.1, 0.15) is 11.1 Å². The van der Waals surface area contributed by atoms with E-state index >= 15 is 0 Å². The molecule has 0 unspecified atom stereocenters. The predicted octanol–water partition coefficient (Wildman–Crippen LogP) is 3.31. The summed E-state index contributed by atoms with van der Waals surface area (Å²) in [6, 6.07) is 9.40. The number of halogens is 1. The van der Waals surface area contributed by atoms with Crippen molar-refractivity contribution in [1.82, 2.24) is 0 Å². The van der Waals surface area contributed by atoms with E-state index in [2.05, 4.69) is 0 Å². The van der Waals surface area contributed by atoms with Crippen molar-refractivity contribution in [3.8, 4) is 11.1 Å². The van der Waals surface area contributed by atoms with Gasteiger partial charge in [0.15, 0.2) is 0 Å². The molecule has 0 radical (unpaired) electrons. The molecule has 0 saturated heterocycles. The van der Waals surface area contributed by atoms with E-state index in [4.69, 9.17) is 0 Å². The number of nitrogens with zero attached hydrogens (tertiary/aromatic N) is 1. The highest BCUT2D eigenvalue weighted by molar-refractivity contribution is 5.77. The molecular formula is C13H8FNO2. The molecule has 3 nitrogen and oxygen atoms in total. The molecule has 1 aliphatic carbocycles. The first kappa shape index (κ1) is 9.96. The van der Waals surface area contributed by atoms with Crippen LogP contribution >= 0.6 is 0 Å². The lowest BCUT2D eigenvalue weighted by molar-refractivity contribution is -0.384. The second kappa shape index (κ2) is 3.38. The van der Waals surface area contributed by atoms with Crippen LogP contribution in [0.4, 0.5) is 10.1 Å². The van der Waals surface area contributed by atoms with E-state index in [9.17, 15) is 14.5 Å². The minimum atomic E-state index is -0.413. The van der Waals surface area contributed by atoms with Gasteiger partial charge >= 0.3 is 0 Å². The van der Waals surface area contributed by atoms with Crippen LogP contribution in [0, 0.1) is 15.9 Å². The lowest BCUT2D eigenvalue weighted by Gasteiger charge is -2.00. The summed E-state index contributed by atoms with van der Waals surface area (Å²) in [6.45, 7) is 0. The number of hydrogen-bond donors (Lipinski definition) is 0. The highest BCUT2D eigenvalue weighted by Gasteiger charge is 2.21. The summed E-state index contributed by atoms with van der Waals surface area (Å²) in [4.78, 5) is 10.3. The Labute approximate surface area is 96.7 Å². The average Bonchev–Trinajstić information content (AvgIpc) is 2.64. The van der Waals surface area contributed by atoms with E-state index in [1.54, 1.807) is 18.2 Å². The molecule has 0 aliphatic heterocycles. The normalized spacial score (nSPS) is 12.1. The SMILES string of the molecule is O=[N+]([O-])c1ccc2c(c1)Cc1cc(F)ccc1-2. The van der Waals surface area contributed by atoms with Gasteiger partial charge in [-0.05, 0) is 46.9 Å². The summed E-state index contributed by atoms with van der Waals surface area (Å²) < 4.78 is 13.1. The Morgan fingerprint density at radius 3 is 2.41 bits per heavy atom. The smallest absolute Gasteiger partial charge is 0.258 e. The van der Waals surface area contributed by atoms with E-state index in [1.165, 1.54) is 18.2 Å². The Hall–Kier alpha value is -2.23. The zero-order valence-electron chi connectivity index (χ0n) is 8.81. The summed E-state index contributed by atoms with van der Waals surface area (Å²) in [6.07, 6.45) is 0.560. The van der Waals surface area contributed by atoms with Gasteiger partial charge in [-0.3, -0.25) is 10.1 Å². The van der Waals surface area contributed by atoms with E-state index in [0.29, 0.717) is 6.42 Å². The fourth-order valence-electron chi connectivity index (χ4n) is 2.28. The van der Waals surface area contributed by atoms with E-state index in [-0.39, 0.29) is 11.5 Å². The fraction of sp³-hybridized carbons (Fsp3) is 0.0769. The summed E-state index contributed by atoms with van der Waals surface area (Å²) in [7, 11) is 0. The third-order valence-corrected chi connectivity index (χ3v) is 3.04. The summed E-state index contributed by atoms with van der Waals surface area (Å²) in [5.74, 6) is -0.272. The molecule has 0 bridgehead atoms. The minimum absolute atomic E-state index is 0.0806. The van der Waals surface area contributed by atoms with Crippen molar-refractivity contribution in [2.45, 2.75) is 6.42 Å². The number of fused-ring (bicyclic) bond motifs is 3. The van der Waals surface area contributed by atoms with Crippen LogP contribution in [0.3, 0.4) is 0 Å². The van der Waals surface area contributed by atoms with Crippen molar-refractivity contribution < 1.29 is 9.31 Å². The Kier molecular flexibility index (Phi) is 1.98. The fourth-order valence-corrected chi connectivity index (χ4v) is 2.28. The minimum Gasteiger partial charge on any atom is -0.258 e. The number of nitro groups is 1. The van der Waals surface area contributed by atoms with Gasteiger partial charge in [0, 0.05) is 12.1 Å². The third-order valence-electron chi connectivity index (χ3n) is 3.04. The Morgan fingerprint density at radius 1 is 1.06 bits per heavy atom. The van der Waals surface area contributed by atoms with Crippen molar-refractivity contribution in [2.24, 2.45) is 0 Å². The molecular weight excluding hydrogens is 221 g/mol. The maximum atomic E-state index is 13.1. The lowest BCUT2D eigenvalue weighted by Crippen LogP contribution is -1.89. The molecule has 2 aromatic rings. The van der Waals surface area contributed by atoms with E-state index in [1.807, 2.05) is 0 Å². The topological polar surface area (TPSA) is 43.1 Å². The Bertz CT molecular complexity index is 637. The van der Waals surface area contributed by atoms with Crippen LogP contribution in [-0.2, 0) is 6.42 Å². The van der Waals surface area contributed by atoms with Gasteiger partial charge in [-0.2, -0.15) is 0 Å². The first-order valence-electron chi connectivity index (χ1n) is 5.21. The maximum absolute atomic E-state index is 13.1. The molecule has 84 valence electrons. The molecule has 0 N–H and O–H groups in total. The highest BCUT2D eigenvalue weighted by atomic mass is 19.1. The zero-order valence-corrected chi connectivity index (χ0v) is 8.81. The second-order valence-electron chi connectivity index (χ2n) is 4.08. The molecule has 0 saturated carbocycles. The standard InChI is InChI=1S/C13H8FNO2/c14-10-1-3-12-8(6-10)5-9-7-11(15(16)17)2-4-13(9)12/h1-4,6-7H,5H2. The summed E-state index contributed by atoms with van der Waals surface area (Å²) >= 11 is 0. The van der Waals surface area contributed by atoms with E-state index < -0.39 is 4.92 Å². The number of hydrogen-bond acceptors (Lipinski definition) is 2. The van der Waals surface area contributed by atoms with Crippen molar-refractivity contribution in [1.29, 1.82) is 0 Å². The molecule has 0 aromatic heterocycles. The van der Waals surface area contributed by atoms with Crippen LogP contribution in [0.15, 0.2) is 36.4 Å². The number of non-ortho nitro benzene ring substituents is 1. The van der Waals surface area contributed by atoms with Crippen LogP contribution < -0.4 is 0 Å². The van der Waals surface area contributed by atoms with Crippen LogP contribution in [0.2, 0.25) is 0 Å². The zero-order chi connectivity index (χ0) is 12.0. The third kappa shape index (κ3) is 1.49.